The van der Waals surface area contributed by atoms with E-state index in [1.807, 2.05) is 0 Å². The molecule has 0 aliphatic heterocycles. The lowest BCUT2D eigenvalue weighted by Crippen LogP contribution is -2.14. The fraction of sp³-hybridized carbons (Fsp3) is 0.158. The molecule has 0 aliphatic rings. The van der Waals surface area contributed by atoms with Gasteiger partial charge in [-0.05, 0) is 36.4 Å². The highest BCUT2D eigenvalue weighted by molar-refractivity contribution is 6.10. The molecule has 2 rings (SSSR count). The van der Waals surface area contributed by atoms with Gasteiger partial charge in [-0.25, -0.2) is 0 Å². The summed E-state index contributed by atoms with van der Waals surface area (Å²) in [5.41, 5.74) is -0.243. The molecular formula is C19H17N3O6. The molecule has 0 radical (unpaired) electrons. The molecule has 0 fully saturated rings. The summed E-state index contributed by atoms with van der Waals surface area (Å²) in [5.74, 6) is 0.398. The first-order valence-corrected chi connectivity index (χ1v) is 7.91. The molecule has 1 amide bonds. The molecule has 0 saturated carbocycles. The second kappa shape index (κ2) is 9.05. The van der Waals surface area contributed by atoms with Gasteiger partial charge < -0.3 is 19.5 Å². The van der Waals surface area contributed by atoms with Gasteiger partial charge in [-0.15, -0.1) is 0 Å². The van der Waals surface area contributed by atoms with Gasteiger partial charge in [0, 0.05) is 5.56 Å². The topological polar surface area (TPSA) is 124 Å². The summed E-state index contributed by atoms with van der Waals surface area (Å²) in [6, 6.07) is 10.7. The largest absolute Gasteiger partial charge is 0.497 e. The molecule has 144 valence electrons. The van der Waals surface area contributed by atoms with Gasteiger partial charge in [0.05, 0.1) is 32.3 Å². The van der Waals surface area contributed by atoms with Crippen molar-refractivity contribution in [3.63, 3.8) is 0 Å². The fourth-order valence-electron chi connectivity index (χ4n) is 2.34. The number of nitriles is 1. The number of ether oxygens (including phenoxy) is 3. The first-order chi connectivity index (χ1) is 13.4. The van der Waals surface area contributed by atoms with Crippen molar-refractivity contribution in [1.82, 2.24) is 0 Å². The van der Waals surface area contributed by atoms with Crippen molar-refractivity contribution < 1.29 is 23.9 Å². The third-order valence-corrected chi connectivity index (χ3v) is 3.75. The number of amides is 1. The van der Waals surface area contributed by atoms with E-state index in [0.717, 1.165) is 0 Å². The maximum Gasteiger partial charge on any atom is 0.296 e. The number of hydrogen-bond donors (Lipinski definition) is 1. The van der Waals surface area contributed by atoms with Crippen molar-refractivity contribution in [2.45, 2.75) is 0 Å². The van der Waals surface area contributed by atoms with Crippen LogP contribution >= 0.6 is 0 Å². The normalized spacial score (nSPS) is 10.6. The number of nitro benzene ring substituents is 1. The Kier molecular flexibility index (Phi) is 6.54. The Hall–Kier alpha value is -4.06. The first kappa shape index (κ1) is 20.3. The van der Waals surface area contributed by atoms with E-state index < -0.39 is 10.8 Å². The van der Waals surface area contributed by atoms with E-state index in [0.29, 0.717) is 17.1 Å². The molecule has 2 aromatic carbocycles. The molecule has 0 bridgehead atoms. The summed E-state index contributed by atoms with van der Waals surface area (Å²) in [5, 5.41) is 23.0. The maximum absolute atomic E-state index is 12.5. The third kappa shape index (κ3) is 4.56. The molecule has 28 heavy (non-hydrogen) atoms. The zero-order valence-corrected chi connectivity index (χ0v) is 15.4. The van der Waals surface area contributed by atoms with Gasteiger partial charge >= 0.3 is 0 Å². The number of benzene rings is 2. The fourth-order valence-corrected chi connectivity index (χ4v) is 2.34. The standard InChI is InChI=1S/C19H17N3O6/c1-26-14-5-7-18(28-3)12(9-14)8-13(11-20)19(23)21-16-6-4-15(27-2)10-17(16)22(24)25/h4-10H,1-3H3,(H,21,23)/b13-8+. The van der Waals surface area contributed by atoms with E-state index in [1.54, 1.807) is 24.3 Å². The summed E-state index contributed by atoms with van der Waals surface area (Å²) in [6.45, 7) is 0. The van der Waals surface area contributed by atoms with Crippen LogP contribution in [0.1, 0.15) is 5.56 Å². The highest BCUT2D eigenvalue weighted by atomic mass is 16.6. The lowest BCUT2D eigenvalue weighted by Gasteiger charge is -2.09. The predicted octanol–water partition coefficient (Wildman–Crippen LogP) is 3.17. The van der Waals surface area contributed by atoms with E-state index in [9.17, 15) is 20.2 Å². The SMILES string of the molecule is COc1ccc(OC)c(/C=C(\C#N)C(=O)Nc2ccc(OC)cc2[N+](=O)[O-])c1. The Morgan fingerprint density at radius 2 is 1.75 bits per heavy atom. The van der Waals surface area contributed by atoms with Crippen LogP contribution in [0.3, 0.4) is 0 Å². The van der Waals surface area contributed by atoms with Crippen LogP contribution in [0.25, 0.3) is 6.08 Å². The second-order valence-corrected chi connectivity index (χ2v) is 5.37. The van der Waals surface area contributed by atoms with Gasteiger partial charge in [-0.3, -0.25) is 14.9 Å². The number of methoxy groups -OCH3 is 3. The second-order valence-electron chi connectivity index (χ2n) is 5.37. The van der Waals surface area contributed by atoms with Crippen LogP contribution in [0, 0.1) is 21.4 Å². The van der Waals surface area contributed by atoms with Gasteiger partial charge in [-0.1, -0.05) is 0 Å². The van der Waals surface area contributed by atoms with Gasteiger partial charge in [-0.2, -0.15) is 5.26 Å². The lowest BCUT2D eigenvalue weighted by molar-refractivity contribution is -0.384. The summed E-state index contributed by atoms with van der Waals surface area (Å²) < 4.78 is 15.3. The smallest absolute Gasteiger partial charge is 0.296 e. The van der Waals surface area contributed by atoms with Crippen LogP contribution in [0.4, 0.5) is 11.4 Å². The number of rotatable bonds is 7. The molecule has 9 nitrogen and oxygen atoms in total. The Labute approximate surface area is 160 Å². The number of anilines is 1. The minimum absolute atomic E-state index is 0.0606. The first-order valence-electron chi connectivity index (χ1n) is 7.91. The summed E-state index contributed by atoms with van der Waals surface area (Å²) in [6.07, 6.45) is 1.31. The van der Waals surface area contributed by atoms with Gasteiger partial charge in [0.2, 0.25) is 0 Å². The van der Waals surface area contributed by atoms with Crippen molar-refractivity contribution in [1.29, 1.82) is 5.26 Å². The average molecular weight is 383 g/mol. The van der Waals surface area contributed by atoms with Crippen molar-refractivity contribution in [2.75, 3.05) is 26.6 Å². The van der Waals surface area contributed by atoms with Crippen LogP contribution in [0.2, 0.25) is 0 Å². The predicted molar refractivity (Wildman–Crippen MR) is 101 cm³/mol. The van der Waals surface area contributed by atoms with Crippen LogP contribution in [-0.2, 0) is 4.79 Å². The lowest BCUT2D eigenvalue weighted by atomic mass is 10.1. The molecule has 0 aliphatic carbocycles. The van der Waals surface area contributed by atoms with Gasteiger partial charge in [0.1, 0.15) is 34.6 Å². The highest BCUT2D eigenvalue weighted by Gasteiger charge is 2.19. The molecule has 0 saturated heterocycles. The van der Waals surface area contributed by atoms with Crippen LogP contribution in [0.5, 0.6) is 17.2 Å². The molecule has 0 spiro atoms. The minimum Gasteiger partial charge on any atom is -0.497 e. The number of nitro groups is 1. The van der Waals surface area contributed by atoms with Crippen LogP contribution in [-0.4, -0.2) is 32.2 Å². The van der Waals surface area contributed by atoms with E-state index in [1.165, 1.54) is 45.6 Å². The molecular weight excluding hydrogens is 366 g/mol. The molecule has 9 heteroatoms. The maximum atomic E-state index is 12.5. The average Bonchev–Trinajstić information content (AvgIpc) is 2.71. The van der Waals surface area contributed by atoms with Gasteiger partial charge in [0.25, 0.3) is 11.6 Å². The Morgan fingerprint density at radius 1 is 1.11 bits per heavy atom. The molecule has 0 heterocycles. The van der Waals surface area contributed by atoms with E-state index >= 15 is 0 Å². The van der Waals surface area contributed by atoms with Crippen LogP contribution < -0.4 is 19.5 Å². The highest BCUT2D eigenvalue weighted by Crippen LogP contribution is 2.30. The van der Waals surface area contributed by atoms with Crippen LogP contribution in [0.15, 0.2) is 42.0 Å². The van der Waals surface area contributed by atoms with E-state index in [-0.39, 0.29) is 22.7 Å². The molecule has 2 aromatic rings. The molecule has 0 atom stereocenters. The van der Waals surface area contributed by atoms with Gasteiger partial charge in [0.15, 0.2) is 0 Å². The molecule has 1 N–H and O–H groups in total. The van der Waals surface area contributed by atoms with E-state index in [4.69, 9.17) is 14.2 Å². The quantitative estimate of drug-likeness (QED) is 0.337. The number of nitrogens with one attached hydrogen (secondary N) is 1. The third-order valence-electron chi connectivity index (χ3n) is 3.75. The summed E-state index contributed by atoms with van der Waals surface area (Å²) in [4.78, 5) is 23.1. The number of carbonyl (C=O) groups is 1. The Balaban J connectivity index is 2.39. The monoisotopic (exact) mass is 383 g/mol. The molecule has 0 unspecified atom stereocenters. The van der Waals surface area contributed by atoms with E-state index in [2.05, 4.69) is 5.32 Å². The van der Waals surface area contributed by atoms with Crippen molar-refractivity contribution in [3.05, 3.63) is 57.6 Å². The number of carbonyl (C=O) groups excluding carboxylic acids is 1. The zero-order chi connectivity index (χ0) is 20.7. The van der Waals surface area contributed by atoms with Crippen molar-refractivity contribution in [2.24, 2.45) is 0 Å². The van der Waals surface area contributed by atoms with Crippen molar-refractivity contribution in [3.8, 4) is 23.3 Å². The Bertz CT molecular complexity index is 978. The zero-order valence-electron chi connectivity index (χ0n) is 15.4. The van der Waals surface area contributed by atoms with Crippen molar-refractivity contribution >= 4 is 23.4 Å². The molecule has 0 aromatic heterocycles. The number of hydrogen-bond acceptors (Lipinski definition) is 7. The minimum atomic E-state index is -0.805. The number of nitrogens with zero attached hydrogens (tertiary/aromatic N) is 2. The summed E-state index contributed by atoms with van der Waals surface area (Å²) >= 11 is 0. The Morgan fingerprint density at radius 3 is 2.32 bits per heavy atom. The summed E-state index contributed by atoms with van der Waals surface area (Å²) in [7, 11) is 4.30.